The first-order valence-corrected chi connectivity index (χ1v) is 15.0. The minimum Gasteiger partial charge on any atom is -0.484 e. The number of aryl methyl sites for hydroxylation is 1. The summed E-state index contributed by atoms with van der Waals surface area (Å²) in [5.41, 5.74) is 4.91. The van der Waals surface area contributed by atoms with Crippen molar-refractivity contribution >= 4 is 28.3 Å². The molecule has 0 atom stereocenters. The fourth-order valence-corrected chi connectivity index (χ4v) is 5.15. The van der Waals surface area contributed by atoms with Crippen molar-refractivity contribution in [1.82, 2.24) is 25.9 Å². The molecule has 0 aliphatic carbocycles. The summed E-state index contributed by atoms with van der Waals surface area (Å²) in [5, 5.41) is 16.1. The van der Waals surface area contributed by atoms with Crippen LogP contribution in [0, 0.1) is 0 Å². The fourth-order valence-electron chi connectivity index (χ4n) is 4.35. The van der Waals surface area contributed by atoms with Crippen LogP contribution in [0.3, 0.4) is 0 Å². The molecule has 3 aromatic rings. The molecule has 0 unspecified atom stereocenters. The largest absolute Gasteiger partial charge is 0.573 e. The molecule has 2 amide bonds. The highest BCUT2D eigenvalue weighted by Crippen LogP contribution is 2.24. The van der Waals surface area contributed by atoms with Gasteiger partial charge in [-0.2, -0.15) is 13.2 Å². The van der Waals surface area contributed by atoms with Crippen LogP contribution < -0.4 is 25.5 Å². The minimum absolute atomic E-state index is 0.0151. The molecule has 0 saturated carbocycles. The Morgan fingerprint density at radius 2 is 1.51 bits per heavy atom. The van der Waals surface area contributed by atoms with E-state index in [0.717, 1.165) is 35.7 Å². The maximum atomic E-state index is 12.5. The van der Waals surface area contributed by atoms with Crippen LogP contribution in [-0.2, 0) is 28.9 Å². The van der Waals surface area contributed by atoms with E-state index in [-0.39, 0.29) is 18.6 Å². The van der Waals surface area contributed by atoms with Crippen molar-refractivity contribution in [2.45, 2.75) is 51.1 Å². The number of hydrogen-bond acceptors (Lipinski definition) is 9. The molecule has 1 aromatic heterocycles. The average molecular weight is 685 g/mol. The molecule has 0 radical (unpaired) electrons. The van der Waals surface area contributed by atoms with Crippen LogP contribution in [0.2, 0.25) is 0 Å². The number of hydrazine groups is 1. The highest BCUT2D eigenvalue weighted by atomic mass is 32.1. The number of alkyl halides is 6. The lowest BCUT2D eigenvalue weighted by Gasteiger charge is -2.29. The summed E-state index contributed by atoms with van der Waals surface area (Å²) < 4.78 is 83.2. The number of unbranched alkanes of at least 4 members (excludes halogenated alkanes) is 1. The number of anilines is 1. The Bertz CT molecular complexity index is 1610. The molecule has 252 valence electrons. The third kappa shape index (κ3) is 12.5. The number of nitrogens with zero attached hydrogens (tertiary/aromatic N) is 3. The monoisotopic (exact) mass is 684 g/mol. The van der Waals surface area contributed by atoms with Crippen molar-refractivity contribution in [3.05, 3.63) is 88.3 Å². The fraction of sp³-hybridized carbons (Fsp3) is 0.333. The highest BCUT2D eigenvalue weighted by molar-refractivity contribution is 7.15. The summed E-state index contributed by atoms with van der Waals surface area (Å²) in [4.78, 5) is 24.9. The van der Waals surface area contributed by atoms with E-state index in [2.05, 4.69) is 31.0 Å². The lowest BCUT2D eigenvalue weighted by atomic mass is 10.1. The summed E-state index contributed by atoms with van der Waals surface area (Å²) in [5.74, 6) is -0.729. The smallest absolute Gasteiger partial charge is 0.484 e. The first-order valence-electron chi connectivity index (χ1n) is 14.2. The number of halogens is 6. The van der Waals surface area contributed by atoms with Gasteiger partial charge in [-0.1, -0.05) is 35.6 Å². The van der Waals surface area contributed by atoms with E-state index in [4.69, 9.17) is 4.74 Å². The number of benzene rings is 2. The summed E-state index contributed by atoms with van der Waals surface area (Å²) in [7, 11) is 1.71. The first-order chi connectivity index (χ1) is 22.2. The van der Waals surface area contributed by atoms with Crippen LogP contribution >= 0.6 is 11.3 Å². The Kier molecular flexibility index (Phi) is 11.7. The highest BCUT2D eigenvalue weighted by Gasteiger charge is 2.31. The second-order valence-corrected chi connectivity index (χ2v) is 11.4. The van der Waals surface area contributed by atoms with E-state index in [0.29, 0.717) is 34.9 Å². The maximum absolute atomic E-state index is 12.5. The van der Waals surface area contributed by atoms with Gasteiger partial charge in [0.15, 0.2) is 6.61 Å². The van der Waals surface area contributed by atoms with Gasteiger partial charge >= 0.3 is 12.5 Å². The SMILES string of the molecule is CN1NC(CCCCc2nnc(NC(=O)Cc3cccc(OCC(F)(F)F)c3)s2)=CC=C1NC(=O)Cc1cccc(OC(F)(F)F)c1. The van der Waals surface area contributed by atoms with E-state index in [9.17, 15) is 35.9 Å². The molecule has 1 aliphatic rings. The van der Waals surface area contributed by atoms with Crippen molar-refractivity contribution in [1.29, 1.82) is 0 Å². The standard InChI is InChI=1S/C30H30F6N6O4S/c1-42-24(37-25(43)16-20-7-5-10-23(15-20)46-30(34,35)36)13-12-21(41-42)8-2-3-11-27-39-40-28(47-27)38-26(44)17-19-6-4-9-22(14-19)45-18-29(31,32)33/h4-7,9-10,12-15,41H,2-3,8,11,16-18H2,1H3,(H,37,43)(H,38,40,44). The molecule has 3 N–H and O–H groups in total. The summed E-state index contributed by atoms with van der Waals surface area (Å²) in [6.07, 6.45) is -3.07. The van der Waals surface area contributed by atoms with Crippen molar-refractivity contribution in [2.75, 3.05) is 19.0 Å². The Morgan fingerprint density at radius 3 is 2.17 bits per heavy atom. The first kappa shape index (κ1) is 35.1. The molecular formula is C30H30F6N6O4S. The number of allylic oxidation sites excluding steroid dienone is 3. The van der Waals surface area contributed by atoms with Gasteiger partial charge in [-0.15, -0.1) is 23.4 Å². The number of hydrogen-bond donors (Lipinski definition) is 3. The predicted molar refractivity (Wildman–Crippen MR) is 160 cm³/mol. The van der Waals surface area contributed by atoms with E-state index in [1.807, 2.05) is 6.08 Å². The minimum atomic E-state index is -4.82. The van der Waals surface area contributed by atoms with Gasteiger partial charge in [0.1, 0.15) is 22.3 Å². The molecule has 2 heterocycles. The molecule has 0 saturated heterocycles. The third-order valence-corrected chi connectivity index (χ3v) is 7.24. The quantitative estimate of drug-likeness (QED) is 0.144. The Balaban J connectivity index is 1.17. The zero-order chi connectivity index (χ0) is 34.0. The van der Waals surface area contributed by atoms with E-state index in [1.54, 1.807) is 24.2 Å². The van der Waals surface area contributed by atoms with Gasteiger partial charge in [0.05, 0.1) is 12.8 Å². The number of carbonyl (C=O) groups is 2. The van der Waals surface area contributed by atoms with Crippen molar-refractivity contribution < 1.29 is 45.4 Å². The second kappa shape index (κ2) is 15.7. The summed E-state index contributed by atoms with van der Waals surface area (Å²) in [6.45, 7) is -1.42. The van der Waals surface area contributed by atoms with Crippen LogP contribution in [0.4, 0.5) is 31.5 Å². The van der Waals surface area contributed by atoms with Crippen LogP contribution in [-0.4, -0.2) is 53.2 Å². The van der Waals surface area contributed by atoms with E-state index >= 15 is 0 Å². The van der Waals surface area contributed by atoms with E-state index < -0.39 is 36.7 Å². The van der Waals surface area contributed by atoms with Crippen LogP contribution in [0.15, 0.2) is 72.2 Å². The van der Waals surface area contributed by atoms with E-state index in [1.165, 1.54) is 41.7 Å². The molecule has 0 spiro atoms. The normalized spacial score (nSPS) is 13.3. The molecule has 0 bridgehead atoms. The number of ether oxygens (including phenoxy) is 2. The number of amides is 2. The lowest BCUT2D eigenvalue weighted by Crippen LogP contribution is -2.42. The molecule has 10 nitrogen and oxygen atoms in total. The second-order valence-electron chi connectivity index (χ2n) is 10.3. The molecule has 47 heavy (non-hydrogen) atoms. The topological polar surface area (TPSA) is 118 Å². The lowest BCUT2D eigenvalue weighted by molar-refractivity contribution is -0.274. The van der Waals surface area contributed by atoms with Gasteiger partial charge in [-0.05, 0) is 66.8 Å². The Hall–Kier alpha value is -4.80. The number of carbonyl (C=O) groups excluding carboxylic acids is 2. The Labute approximate surface area is 269 Å². The van der Waals surface area contributed by atoms with Crippen LogP contribution in [0.5, 0.6) is 11.5 Å². The van der Waals surface area contributed by atoms with Gasteiger partial charge in [0.25, 0.3) is 0 Å². The van der Waals surface area contributed by atoms with Gasteiger partial charge in [0.2, 0.25) is 16.9 Å². The van der Waals surface area contributed by atoms with Gasteiger partial charge < -0.3 is 25.5 Å². The zero-order valence-electron chi connectivity index (χ0n) is 24.9. The summed E-state index contributed by atoms with van der Waals surface area (Å²) >= 11 is 1.23. The molecular weight excluding hydrogens is 654 g/mol. The van der Waals surface area contributed by atoms with Crippen LogP contribution in [0.25, 0.3) is 0 Å². The Morgan fingerprint density at radius 1 is 0.872 bits per heavy atom. The van der Waals surface area contributed by atoms with Gasteiger partial charge in [-0.3, -0.25) is 14.6 Å². The number of aromatic nitrogens is 2. The number of rotatable bonds is 14. The van der Waals surface area contributed by atoms with Crippen molar-refractivity contribution in [3.63, 3.8) is 0 Å². The third-order valence-electron chi connectivity index (χ3n) is 6.34. The molecule has 2 aromatic carbocycles. The summed E-state index contributed by atoms with van der Waals surface area (Å²) in [6, 6.07) is 11.1. The molecule has 17 heteroatoms. The molecule has 1 aliphatic heterocycles. The maximum Gasteiger partial charge on any atom is 0.573 e. The van der Waals surface area contributed by atoms with Gasteiger partial charge in [0, 0.05) is 19.2 Å². The number of nitrogens with one attached hydrogen (secondary N) is 3. The predicted octanol–water partition coefficient (Wildman–Crippen LogP) is 5.81. The molecule has 0 fully saturated rings. The zero-order valence-corrected chi connectivity index (χ0v) is 25.7. The van der Waals surface area contributed by atoms with Crippen LogP contribution in [0.1, 0.15) is 35.4 Å². The van der Waals surface area contributed by atoms with Crippen molar-refractivity contribution in [2.24, 2.45) is 0 Å². The average Bonchev–Trinajstić information content (AvgIpc) is 3.41. The van der Waals surface area contributed by atoms with Crippen molar-refractivity contribution in [3.8, 4) is 11.5 Å². The molecule has 4 rings (SSSR count). The van der Waals surface area contributed by atoms with Gasteiger partial charge in [-0.25, -0.2) is 0 Å².